The maximum absolute atomic E-state index is 8.67. The van der Waals surface area contributed by atoms with Gasteiger partial charge in [0.05, 0.1) is 0 Å². The number of benzene rings is 2. The lowest BCUT2D eigenvalue weighted by molar-refractivity contribution is 0.573. The van der Waals surface area contributed by atoms with Crippen molar-refractivity contribution in [2.24, 2.45) is 0 Å². The van der Waals surface area contributed by atoms with Crippen LogP contribution in [-0.2, 0) is 5.41 Å². The summed E-state index contributed by atoms with van der Waals surface area (Å²) in [7, 11) is 0. The Morgan fingerprint density at radius 2 is 1.45 bits per heavy atom. The molecule has 0 aliphatic carbocycles. The van der Waals surface area contributed by atoms with Crippen LogP contribution in [0.3, 0.4) is 0 Å². The smallest absolute Gasteiger partial charge is 0.0347 e. The van der Waals surface area contributed by atoms with E-state index < -0.39 is 5.89 Å². The second-order valence-corrected chi connectivity index (χ2v) is 7.76. The first-order chi connectivity index (χ1) is 10.5. The molecule has 0 aliphatic heterocycles. The molecule has 0 heteroatoms. The molecular weight excluding hydrogens is 264 g/mol. The Bertz CT molecular complexity index is 632. The van der Waals surface area contributed by atoms with E-state index in [1.807, 2.05) is 19.9 Å². The highest BCUT2D eigenvalue weighted by Gasteiger charge is 2.24. The topological polar surface area (TPSA) is 0 Å². The average molecular weight is 295 g/mol. The van der Waals surface area contributed by atoms with Crippen LogP contribution in [0.2, 0.25) is 0 Å². The maximum atomic E-state index is 8.67. The molecule has 0 radical (unpaired) electrons. The highest BCUT2D eigenvalue weighted by molar-refractivity contribution is 5.67. The lowest BCUT2D eigenvalue weighted by atomic mass is 9.75. The quantitative estimate of drug-likeness (QED) is 0.578. The Morgan fingerprint density at radius 3 is 1.91 bits per heavy atom. The van der Waals surface area contributed by atoms with Gasteiger partial charge in [0, 0.05) is 1.37 Å². The molecule has 0 saturated carbocycles. The largest absolute Gasteiger partial charge is 0.0622 e. The van der Waals surface area contributed by atoms with Gasteiger partial charge >= 0.3 is 0 Å². The molecule has 0 bridgehead atoms. The van der Waals surface area contributed by atoms with Gasteiger partial charge in [-0.25, -0.2) is 0 Å². The zero-order valence-corrected chi connectivity index (χ0v) is 15.1. The van der Waals surface area contributed by atoms with Gasteiger partial charge in [-0.05, 0) is 45.0 Å². The van der Waals surface area contributed by atoms with E-state index in [0.29, 0.717) is 5.92 Å². The predicted molar refractivity (Wildman–Crippen MR) is 98.8 cm³/mol. The van der Waals surface area contributed by atoms with Crippen molar-refractivity contribution >= 4 is 0 Å². The van der Waals surface area contributed by atoms with Crippen molar-refractivity contribution in [2.45, 2.75) is 65.7 Å². The third-order valence-electron chi connectivity index (χ3n) is 4.21. The van der Waals surface area contributed by atoms with Gasteiger partial charge in [-0.1, -0.05) is 90.9 Å². The van der Waals surface area contributed by atoms with Gasteiger partial charge in [0.1, 0.15) is 0 Å². The van der Waals surface area contributed by atoms with E-state index in [-0.39, 0.29) is 5.41 Å². The molecule has 2 aromatic carbocycles. The molecule has 0 heterocycles. The molecular formula is C22H30. The molecule has 0 nitrogen and oxygen atoms in total. The van der Waals surface area contributed by atoms with E-state index in [1.54, 1.807) is 0 Å². The third-order valence-corrected chi connectivity index (χ3v) is 4.21. The Labute approximate surface area is 138 Å². The molecule has 2 aromatic rings. The normalized spacial score (nSPS) is 13.4. The molecule has 0 fully saturated rings. The minimum absolute atomic E-state index is 0.0599. The van der Waals surface area contributed by atoms with Gasteiger partial charge in [-0.2, -0.15) is 0 Å². The van der Waals surface area contributed by atoms with Crippen LogP contribution in [0, 0.1) is 0 Å². The van der Waals surface area contributed by atoms with Crippen molar-refractivity contribution in [3.63, 3.8) is 0 Å². The molecule has 2 rings (SSSR count). The van der Waals surface area contributed by atoms with Crippen LogP contribution in [-0.4, -0.2) is 0 Å². The zero-order valence-electron chi connectivity index (χ0n) is 16.1. The fraction of sp³-hybridized carbons (Fsp3) is 0.455. The lowest BCUT2D eigenvalue weighted by Crippen LogP contribution is -2.17. The molecule has 0 spiro atoms. The van der Waals surface area contributed by atoms with Gasteiger partial charge in [-0.15, -0.1) is 0 Å². The number of hydrogen-bond acceptors (Lipinski definition) is 0. The summed E-state index contributed by atoms with van der Waals surface area (Å²) in [6.07, 6.45) is 0. The summed E-state index contributed by atoms with van der Waals surface area (Å²) in [6, 6.07) is 15.1. The summed E-state index contributed by atoms with van der Waals surface area (Å²) in [4.78, 5) is 0. The second-order valence-electron chi connectivity index (χ2n) is 7.76. The molecule has 22 heavy (non-hydrogen) atoms. The third kappa shape index (κ3) is 3.43. The molecule has 0 aromatic heterocycles. The second kappa shape index (κ2) is 6.28. The van der Waals surface area contributed by atoms with Crippen molar-refractivity contribution in [2.75, 3.05) is 0 Å². The van der Waals surface area contributed by atoms with Crippen molar-refractivity contribution in [3.8, 4) is 11.1 Å². The average Bonchev–Trinajstić information content (AvgIpc) is 2.45. The van der Waals surface area contributed by atoms with Crippen molar-refractivity contribution in [1.29, 1.82) is 0 Å². The fourth-order valence-corrected chi connectivity index (χ4v) is 3.11. The van der Waals surface area contributed by atoms with Crippen molar-refractivity contribution < 1.29 is 1.37 Å². The molecule has 118 valence electrons. The highest BCUT2D eigenvalue weighted by Crippen LogP contribution is 2.39. The first-order valence-corrected chi connectivity index (χ1v) is 8.26. The molecule has 0 aliphatic rings. The van der Waals surface area contributed by atoms with Crippen LogP contribution in [0.25, 0.3) is 11.1 Å². The van der Waals surface area contributed by atoms with Gasteiger partial charge in [0.15, 0.2) is 0 Å². The van der Waals surface area contributed by atoms with Crippen LogP contribution in [0.1, 0.15) is 78.3 Å². The Hall–Kier alpha value is -1.56. The Morgan fingerprint density at radius 1 is 0.864 bits per heavy atom. The molecule has 0 atom stereocenters. The van der Waals surface area contributed by atoms with Crippen molar-refractivity contribution in [1.82, 2.24) is 0 Å². The Balaban J connectivity index is 2.84. The predicted octanol–water partition coefficient (Wildman–Crippen LogP) is 6.90. The molecule has 0 saturated heterocycles. The maximum Gasteiger partial charge on any atom is 0.0347 e. The van der Waals surface area contributed by atoms with Gasteiger partial charge in [0.2, 0.25) is 0 Å². The van der Waals surface area contributed by atoms with Gasteiger partial charge in [-0.3, -0.25) is 0 Å². The van der Waals surface area contributed by atoms with E-state index in [0.717, 1.165) is 5.56 Å². The fourth-order valence-electron chi connectivity index (χ4n) is 3.11. The highest BCUT2D eigenvalue weighted by atomic mass is 14.3. The minimum Gasteiger partial charge on any atom is -0.0622 e. The van der Waals surface area contributed by atoms with Crippen LogP contribution in [0.5, 0.6) is 0 Å². The summed E-state index contributed by atoms with van der Waals surface area (Å²) in [6.45, 7) is 15.3. The van der Waals surface area contributed by atoms with E-state index in [4.69, 9.17) is 1.37 Å². The summed E-state index contributed by atoms with van der Waals surface area (Å²) in [5.41, 5.74) is 6.36. The molecule has 0 unspecified atom stereocenters. The lowest BCUT2D eigenvalue weighted by Gasteiger charge is -2.29. The van der Waals surface area contributed by atoms with Crippen LogP contribution in [0.15, 0.2) is 42.5 Å². The summed E-state index contributed by atoms with van der Waals surface area (Å²) < 4.78 is 8.67. The van der Waals surface area contributed by atoms with Crippen LogP contribution >= 0.6 is 0 Å². The van der Waals surface area contributed by atoms with E-state index in [9.17, 15) is 0 Å². The van der Waals surface area contributed by atoms with Crippen LogP contribution < -0.4 is 0 Å². The van der Waals surface area contributed by atoms with Crippen molar-refractivity contribution in [3.05, 3.63) is 59.2 Å². The number of hydrogen-bond donors (Lipinski definition) is 0. The minimum atomic E-state index is -0.607. The van der Waals surface area contributed by atoms with Gasteiger partial charge in [0.25, 0.3) is 0 Å². The summed E-state index contributed by atoms with van der Waals surface area (Å²) in [5, 5.41) is 0. The molecule has 0 N–H and O–H groups in total. The number of rotatable bonds is 3. The first-order valence-electron chi connectivity index (χ1n) is 8.76. The SMILES string of the molecule is [2H]C(C)(C)c1cc(-c2ccccc2)cc(C(C)(C)C)c1C(C)C. The van der Waals surface area contributed by atoms with Gasteiger partial charge < -0.3 is 0 Å². The summed E-state index contributed by atoms with van der Waals surface area (Å²) in [5.74, 6) is -0.196. The standard InChI is InChI=1S/C22H30/c1-15(2)19-13-18(17-11-9-8-10-12-17)14-20(22(5,6)7)21(19)16(3)4/h8-16H,1-7H3/i15D. The Kier molecular flexibility index (Phi) is 4.38. The zero-order chi connectivity index (χ0) is 17.4. The summed E-state index contributed by atoms with van der Waals surface area (Å²) >= 11 is 0. The van der Waals surface area contributed by atoms with E-state index in [1.165, 1.54) is 22.3 Å². The van der Waals surface area contributed by atoms with E-state index in [2.05, 4.69) is 71.0 Å². The van der Waals surface area contributed by atoms with E-state index >= 15 is 0 Å². The monoisotopic (exact) mass is 295 g/mol. The molecule has 0 amide bonds. The van der Waals surface area contributed by atoms with Crippen LogP contribution in [0.4, 0.5) is 0 Å². The first kappa shape index (κ1) is 15.3.